The Kier molecular flexibility index (Phi) is 3.08. The van der Waals surface area contributed by atoms with E-state index in [1.165, 1.54) is 0 Å². The van der Waals surface area contributed by atoms with Crippen molar-refractivity contribution in [2.45, 2.75) is 0 Å². The molecule has 0 saturated heterocycles. The summed E-state index contributed by atoms with van der Waals surface area (Å²) >= 11 is 3.48. The van der Waals surface area contributed by atoms with E-state index in [-0.39, 0.29) is 11.2 Å². The lowest BCUT2D eigenvalue weighted by molar-refractivity contribution is 1.06. The van der Waals surface area contributed by atoms with Crippen molar-refractivity contribution in [1.82, 2.24) is 19.9 Å². The van der Waals surface area contributed by atoms with E-state index >= 15 is 0 Å². The molecule has 0 atom stereocenters. The van der Waals surface area contributed by atoms with Crippen LogP contribution in [0.15, 0.2) is 50.5 Å². The third-order valence-electron chi connectivity index (χ3n) is 4.40. The van der Waals surface area contributed by atoms with Crippen LogP contribution in [0.2, 0.25) is 0 Å². The lowest BCUT2D eigenvalue weighted by Gasteiger charge is -2.11. The van der Waals surface area contributed by atoms with Crippen LogP contribution in [-0.4, -0.2) is 27.8 Å². The van der Waals surface area contributed by atoms with Crippen LogP contribution < -0.4 is 16.7 Å². The summed E-state index contributed by atoms with van der Waals surface area (Å²) in [7, 11) is 5.98. The fourth-order valence-electron chi connectivity index (χ4n) is 3.30. The van der Waals surface area contributed by atoms with Crippen molar-refractivity contribution in [3.8, 4) is 0 Å². The van der Waals surface area contributed by atoms with Crippen LogP contribution in [-0.2, 0) is 0 Å². The van der Waals surface area contributed by atoms with E-state index in [9.17, 15) is 9.59 Å². The van der Waals surface area contributed by atoms with Gasteiger partial charge in [0.1, 0.15) is 7.85 Å². The molecule has 8 heteroatoms. The normalized spacial score (nSPS) is 11.7. The molecule has 2 heterocycles. The zero-order chi connectivity index (χ0) is 18.0. The number of rotatable bonds is 0. The molecular formula is C18H8BBrN4O2. The molecule has 26 heavy (non-hydrogen) atoms. The summed E-state index contributed by atoms with van der Waals surface area (Å²) in [5.41, 5.74) is 0.774. The van der Waals surface area contributed by atoms with Gasteiger partial charge in [0.25, 0.3) is 5.56 Å². The first kappa shape index (κ1) is 15.3. The fourth-order valence-corrected chi connectivity index (χ4v) is 3.66. The standard InChI is InChI=1S/C18H8BBrN4O2/c19-7-1-3-9-10-4-2-8(20)6-12(10)13-14(11(9)5-7)22-16-15(21-13)17(25)24-18(26)23-16/h1-6H,(H2,22,23,24,25,26). The molecule has 122 valence electrons. The number of hydrogen-bond donors (Lipinski definition) is 2. The van der Waals surface area contributed by atoms with Gasteiger partial charge in [-0.05, 0) is 22.9 Å². The van der Waals surface area contributed by atoms with E-state index in [1.54, 1.807) is 0 Å². The van der Waals surface area contributed by atoms with Crippen molar-refractivity contribution in [3.05, 3.63) is 61.7 Å². The number of aromatic nitrogens is 4. The topological polar surface area (TPSA) is 91.5 Å². The highest BCUT2D eigenvalue weighted by Crippen LogP contribution is 2.34. The number of hydrogen-bond acceptors (Lipinski definition) is 4. The van der Waals surface area contributed by atoms with Crippen LogP contribution in [0.3, 0.4) is 0 Å². The van der Waals surface area contributed by atoms with Crippen molar-refractivity contribution >= 4 is 73.0 Å². The van der Waals surface area contributed by atoms with E-state index in [4.69, 9.17) is 7.85 Å². The number of nitrogens with one attached hydrogen (secondary N) is 2. The molecule has 6 nitrogen and oxygen atoms in total. The van der Waals surface area contributed by atoms with E-state index in [1.807, 2.05) is 36.4 Å². The van der Waals surface area contributed by atoms with Crippen LogP contribution in [0, 0.1) is 0 Å². The predicted molar refractivity (Wildman–Crippen MR) is 106 cm³/mol. The molecule has 0 aliphatic carbocycles. The van der Waals surface area contributed by atoms with Crippen molar-refractivity contribution in [2.24, 2.45) is 0 Å². The number of aromatic amines is 2. The molecule has 0 spiro atoms. The Bertz CT molecular complexity index is 1510. The SMILES string of the molecule is [B]c1ccc2c3ccc(Br)cc3c3nc4c(=O)[nH]c(=O)[nH]c4nc3c2c1. The Morgan fingerprint density at radius 2 is 1.50 bits per heavy atom. The second kappa shape index (κ2) is 5.25. The maximum atomic E-state index is 12.2. The van der Waals surface area contributed by atoms with Crippen LogP contribution in [0.25, 0.3) is 43.7 Å². The predicted octanol–water partition coefficient (Wildman–Crippen LogP) is 2.02. The average Bonchev–Trinajstić information content (AvgIpc) is 2.60. The van der Waals surface area contributed by atoms with Gasteiger partial charge in [0.2, 0.25) is 0 Å². The van der Waals surface area contributed by atoms with Gasteiger partial charge in [-0.25, -0.2) is 14.8 Å². The molecule has 2 N–H and O–H groups in total. The smallest absolute Gasteiger partial charge is 0.290 e. The first-order valence-electron chi connectivity index (χ1n) is 7.76. The minimum Gasteiger partial charge on any atom is -0.290 e. The van der Waals surface area contributed by atoms with Crippen molar-refractivity contribution in [3.63, 3.8) is 0 Å². The summed E-state index contributed by atoms with van der Waals surface area (Å²) in [6, 6.07) is 11.5. The van der Waals surface area contributed by atoms with Gasteiger partial charge in [0.15, 0.2) is 11.2 Å². The van der Waals surface area contributed by atoms with E-state index in [0.29, 0.717) is 16.5 Å². The number of H-pyrrole nitrogens is 2. The second-order valence-corrected chi connectivity index (χ2v) is 6.94. The minimum atomic E-state index is -0.622. The quantitative estimate of drug-likeness (QED) is 0.235. The van der Waals surface area contributed by atoms with Gasteiger partial charge in [-0.2, -0.15) is 0 Å². The Hall–Kier alpha value is -3.00. The summed E-state index contributed by atoms with van der Waals surface area (Å²) in [6.45, 7) is 0. The zero-order valence-electron chi connectivity index (χ0n) is 13.1. The Balaban J connectivity index is 2.17. The van der Waals surface area contributed by atoms with Gasteiger partial charge in [0.05, 0.1) is 11.0 Å². The van der Waals surface area contributed by atoms with Crippen molar-refractivity contribution < 1.29 is 0 Å². The molecule has 3 aromatic carbocycles. The minimum absolute atomic E-state index is 0.0848. The van der Waals surface area contributed by atoms with Gasteiger partial charge >= 0.3 is 5.69 Å². The first-order valence-corrected chi connectivity index (χ1v) is 8.55. The highest BCUT2D eigenvalue weighted by atomic mass is 79.9. The Labute approximate surface area is 154 Å². The van der Waals surface area contributed by atoms with Gasteiger partial charge in [-0.1, -0.05) is 45.7 Å². The number of benzene rings is 3. The number of nitrogens with zero attached hydrogens (tertiary/aromatic N) is 2. The molecule has 0 amide bonds. The molecule has 0 aliphatic heterocycles. The summed E-state index contributed by atoms with van der Waals surface area (Å²) in [4.78, 5) is 37.6. The lowest BCUT2D eigenvalue weighted by Crippen LogP contribution is -2.23. The molecule has 0 aliphatic rings. The zero-order valence-corrected chi connectivity index (χ0v) is 14.7. The molecule has 0 saturated carbocycles. The monoisotopic (exact) mass is 402 g/mol. The largest absolute Gasteiger partial charge is 0.327 e. The molecule has 0 fully saturated rings. The van der Waals surface area contributed by atoms with Gasteiger partial charge < -0.3 is 0 Å². The third-order valence-corrected chi connectivity index (χ3v) is 4.89. The Morgan fingerprint density at radius 1 is 0.808 bits per heavy atom. The van der Waals surface area contributed by atoms with Crippen LogP contribution in [0.5, 0.6) is 0 Å². The van der Waals surface area contributed by atoms with Crippen LogP contribution in [0.1, 0.15) is 0 Å². The second-order valence-electron chi connectivity index (χ2n) is 6.02. The van der Waals surface area contributed by atoms with Gasteiger partial charge in [-0.15, -0.1) is 0 Å². The van der Waals surface area contributed by atoms with Gasteiger partial charge in [-0.3, -0.25) is 14.8 Å². The maximum Gasteiger partial charge on any atom is 0.327 e. The number of halogens is 1. The lowest BCUT2D eigenvalue weighted by atomic mass is 9.91. The number of fused-ring (bicyclic) bond motifs is 7. The third kappa shape index (κ3) is 2.12. The fraction of sp³-hybridized carbons (Fsp3) is 0. The van der Waals surface area contributed by atoms with E-state index < -0.39 is 11.2 Å². The molecule has 5 rings (SSSR count). The highest BCUT2D eigenvalue weighted by molar-refractivity contribution is 9.10. The molecular weight excluding hydrogens is 395 g/mol. The molecule has 0 bridgehead atoms. The summed E-state index contributed by atoms with van der Waals surface area (Å²) in [5.74, 6) is 0. The summed E-state index contributed by atoms with van der Waals surface area (Å²) in [6.07, 6.45) is 0. The average molecular weight is 403 g/mol. The summed E-state index contributed by atoms with van der Waals surface area (Å²) in [5, 5.41) is 3.61. The van der Waals surface area contributed by atoms with Crippen LogP contribution >= 0.6 is 15.9 Å². The van der Waals surface area contributed by atoms with Crippen molar-refractivity contribution in [1.29, 1.82) is 0 Å². The van der Waals surface area contributed by atoms with Crippen molar-refractivity contribution in [2.75, 3.05) is 0 Å². The summed E-state index contributed by atoms with van der Waals surface area (Å²) < 4.78 is 0.887. The molecule has 2 aromatic heterocycles. The highest BCUT2D eigenvalue weighted by Gasteiger charge is 2.14. The van der Waals surface area contributed by atoms with E-state index in [0.717, 1.165) is 26.0 Å². The Morgan fingerprint density at radius 3 is 2.31 bits per heavy atom. The van der Waals surface area contributed by atoms with Gasteiger partial charge in [0, 0.05) is 15.2 Å². The first-order chi connectivity index (χ1) is 12.5. The maximum absolute atomic E-state index is 12.2. The van der Waals surface area contributed by atoms with E-state index in [2.05, 4.69) is 35.9 Å². The molecule has 0 unspecified atom stereocenters. The molecule has 2 radical (unpaired) electrons. The molecule has 5 aromatic rings. The van der Waals surface area contributed by atoms with Crippen LogP contribution in [0.4, 0.5) is 0 Å².